The van der Waals surface area contributed by atoms with Crippen LogP contribution in [0.1, 0.15) is 11.1 Å². The van der Waals surface area contributed by atoms with E-state index in [1.807, 2.05) is 19.1 Å². The Bertz CT molecular complexity index is 604. The van der Waals surface area contributed by atoms with E-state index in [1.165, 1.54) is 6.07 Å². The number of benzene rings is 2. The van der Waals surface area contributed by atoms with Crippen molar-refractivity contribution in [3.05, 3.63) is 53.6 Å². The summed E-state index contributed by atoms with van der Waals surface area (Å²) in [5, 5.41) is 8.73. The van der Waals surface area contributed by atoms with Gasteiger partial charge < -0.3 is 9.84 Å². The lowest BCUT2D eigenvalue weighted by Gasteiger charge is -2.13. The monoisotopic (exact) mass is 296 g/mol. The highest BCUT2D eigenvalue weighted by Gasteiger charge is 2.31. The third-order valence-electron chi connectivity index (χ3n) is 2.98. The second-order valence-electron chi connectivity index (χ2n) is 4.68. The van der Waals surface area contributed by atoms with Crippen LogP contribution in [0.3, 0.4) is 0 Å². The van der Waals surface area contributed by atoms with Crippen LogP contribution in [-0.2, 0) is 6.18 Å². The molecule has 1 N–H and O–H groups in total. The van der Waals surface area contributed by atoms with Crippen LogP contribution < -0.4 is 4.74 Å². The number of hydrogen-bond acceptors (Lipinski definition) is 2. The molecule has 2 aromatic carbocycles. The highest BCUT2D eigenvalue weighted by atomic mass is 19.4. The number of hydrogen-bond donors (Lipinski definition) is 1. The molecule has 0 atom stereocenters. The molecule has 5 heteroatoms. The van der Waals surface area contributed by atoms with Crippen molar-refractivity contribution in [3.8, 4) is 16.9 Å². The molecule has 0 amide bonds. The molecular formula is C16H15F3O2. The van der Waals surface area contributed by atoms with Crippen molar-refractivity contribution in [1.29, 1.82) is 0 Å². The van der Waals surface area contributed by atoms with E-state index in [0.717, 1.165) is 17.7 Å². The molecule has 2 nitrogen and oxygen atoms in total. The van der Waals surface area contributed by atoms with Gasteiger partial charge in [0.1, 0.15) is 12.4 Å². The fourth-order valence-corrected chi connectivity index (χ4v) is 1.92. The Balaban J connectivity index is 2.46. The third kappa shape index (κ3) is 3.98. The minimum atomic E-state index is -4.45. The molecular weight excluding hydrogens is 281 g/mol. The lowest BCUT2D eigenvalue weighted by molar-refractivity contribution is -0.137. The Labute approximate surface area is 120 Å². The number of aryl methyl sites for hydroxylation is 1. The Morgan fingerprint density at radius 1 is 1.00 bits per heavy atom. The zero-order chi connectivity index (χ0) is 15.5. The van der Waals surface area contributed by atoms with Gasteiger partial charge in [-0.05, 0) is 36.2 Å². The largest absolute Gasteiger partial charge is 0.491 e. The van der Waals surface area contributed by atoms with Gasteiger partial charge in [-0.1, -0.05) is 29.8 Å². The van der Waals surface area contributed by atoms with Gasteiger partial charge in [-0.25, -0.2) is 0 Å². The number of alkyl halides is 3. The first-order valence-corrected chi connectivity index (χ1v) is 6.43. The normalized spacial score (nSPS) is 11.5. The topological polar surface area (TPSA) is 29.5 Å². The molecule has 0 radical (unpaired) electrons. The predicted molar refractivity (Wildman–Crippen MR) is 74.2 cm³/mol. The molecule has 112 valence electrons. The van der Waals surface area contributed by atoms with E-state index in [0.29, 0.717) is 11.1 Å². The van der Waals surface area contributed by atoms with Crippen LogP contribution in [0.15, 0.2) is 42.5 Å². The number of halogens is 3. The molecule has 2 rings (SSSR count). The smallest absolute Gasteiger partial charge is 0.416 e. The average molecular weight is 296 g/mol. The summed E-state index contributed by atoms with van der Waals surface area (Å²) in [6, 6.07) is 10.8. The van der Waals surface area contributed by atoms with Gasteiger partial charge in [-0.2, -0.15) is 13.2 Å². The van der Waals surface area contributed by atoms with Crippen LogP contribution in [0.2, 0.25) is 0 Å². The second-order valence-corrected chi connectivity index (χ2v) is 4.68. The maximum absolute atomic E-state index is 12.9. The standard InChI is InChI=1S/C16H15F3O2/c1-11-2-4-12(5-3-11)13-8-14(16(17,18)19)10-15(9-13)21-7-6-20/h2-5,8-10,20H,6-7H2,1H3. The van der Waals surface area contributed by atoms with E-state index in [9.17, 15) is 13.2 Å². The van der Waals surface area contributed by atoms with Gasteiger partial charge in [0.2, 0.25) is 0 Å². The van der Waals surface area contributed by atoms with E-state index in [4.69, 9.17) is 9.84 Å². The molecule has 0 unspecified atom stereocenters. The minimum Gasteiger partial charge on any atom is -0.491 e. The van der Waals surface area contributed by atoms with E-state index < -0.39 is 11.7 Å². The average Bonchev–Trinajstić information content (AvgIpc) is 2.44. The van der Waals surface area contributed by atoms with Crippen molar-refractivity contribution in [3.63, 3.8) is 0 Å². The van der Waals surface area contributed by atoms with Gasteiger partial charge in [0, 0.05) is 0 Å². The highest BCUT2D eigenvalue weighted by Crippen LogP contribution is 2.35. The van der Waals surface area contributed by atoms with Crippen molar-refractivity contribution in [1.82, 2.24) is 0 Å². The van der Waals surface area contributed by atoms with E-state index in [-0.39, 0.29) is 19.0 Å². The summed E-state index contributed by atoms with van der Waals surface area (Å²) in [6.45, 7) is 1.61. The summed E-state index contributed by atoms with van der Waals surface area (Å²) in [4.78, 5) is 0. The minimum absolute atomic E-state index is 0.0470. The molecule has 0 heterocycles. The molecule has 0 saturated heterocycles. The van der Waals surface area contributed by atoms with Crippen molar-refractivity contribution < 1.29 is 23.0 Å². The first-order valence-electron chi connectivity index (χ1n) is 6.43. The summed E-state index contributed by atoms with van der Waals surface area (Å²) in [6.07, 6.45) is -4.45. The van der Waals surface area contributed by atoms with Crippen molar-refractivity contribution >= 4 is 0 Å². The number of ether oxygens (including phenoxy) is 1. The summed E-state index contributed by atoms with van der Waals surface area (Å²) in [5.74, 6) is 0.0921. The first-order chi connectivity index (χ1) is 9.90. The number of aliphatic hydroxyl groups is 1. The fourth-order valence-electron chi connectivity index (χ4n) is 1.92. The van der Waals surface area contributed by atoms with E-state index in [2.05, 4.69) is 0 Å². The van der Waals surface area contributed by atoms with Gasteiger partial charge in [0.15, 0.2) is 0 Å². The summed E-state index contributed by atoms with van der Waals surface area (Å²) >= 11 is 0. The predicted octanol–water partition coefficient (Wildman–Crippen LogP) is 4.05. The highest BCUT2D eigenvalue weighted by molar-refractivity contribution is 5.66. The molecule has 0 saturated carbocycles. The second kappa shape index (κ2) is 6.18. The van der Waals surface area contributed by atoms with Crippen molar-refractivity contribution in [2.24, 2.45) is 0 Å². The first kappa shape index (κ1) is 15.4. The summed E-state index contributed by atoms with van der Waals surface area (Å²) in [7, 11) is 0. The molecule has 0 spiro atoms. The molecule has 2 aromatic rings. The lowest BCUT2D eigenvalue weighted by Crippen LogP contribution is -2.07. The van der Waals surface area contributed by atoms with Crippen LogP contribution in [0, 0.1) is 6.92 Å². The van der Waals surface area contributed by atoms with Crippen LogP contribution in [0.25, 0.3) is 11.1 Å². The maximum atomic E-state index is 12.9. The molecule has 0 aliphatic rings. The summed E-state index contributed by atoms with van der Waals surface area (Å²) < 4.78 is 44.0. The van der Waals surface area contributed by atoms with Gasteiger partial charge in [0.25, 0.3) is 0 Å². The molecule has 0 aliphatic heterocycles. The maximum Gasteiger partial charge on any atom is 0.416 e. The Morgan fingerprint density at radius 2 is 1.67 bits per heavy atom. The van der Waals surface area contributed by atoms with Gasteiger partial charge in [0.05, 0.1) is 12.2 Å². The molecule has 0 fully saturated rings. The van der Waals surface area contributed by atoms with Gasteiger partial charge >= 0.3 is 6.18 Å². The van der Waals surface area contributed by atoms with Crippen molar-refractivity contribution in [2.45, 2.75) is 13.1 Å². The quantitative estimate of drug-likeness (QED) is 0.922. The number of rotatable bonds is 4. The van der Waals surface area contributed by atoms with E-state index in [1.54, 1.807) is 12.1 Å². The third-order valence-corrected chi connectivity index (χ3v) is 2.98. The Hall–Kier alpha value is -2.01. The van der Waals surface area contributed by atoms with Crippen LogP contribution in [0.5, 0.6) is 5.75 Å². The zero-order valence-electron chi connectivity index (χ0n) is 11.4. The fraction of sp³-hybridized carbons (Fsp3) is 0.250. The lowest BCUT2D eigenvalue weighted by atomic mass is 10.0. The zero-order valence-corrected chi connectivity index (χ0v) is 11.4. The van der Waals surface area contributed by atoms with Crippen LogP contribution >= 0.6 is 0 Å². The van der Waals surface area contributed by atoms with Crippen LogP contribution in [-0.4, -0.2) is 18.3 Å². The van der Waals surface area contributed by atoms with Crippen molar-refractivity contribution in [2.75, 3.05) is 13.2 Å². The molecule has 0 bridgehead atoms. The van der Waals surface area contributed by atoms with Crippen LogP contribution in [0.4, 0.5) is 13.2 Å². The molecule has 0 aromatic heterocycles. The Morgan fingerprint density at radius 3 is 2.24 bits per heavy atom. The van der Waals surface area contributed by atoms with E-state index >= 15 is 0 Å². The molecule has 21 heavy (non-hydrogen) atoms. The number of aliphatic hydroxyl groups excluding tert-OH is 1. The van der Waals surface area contributed by atoms with Gasteiger partial charge in [-0.3, -0.25) is 0 Å². The SMILES string of the molecule is Cc1ccc(-c2cc(OCCO)cc(C(F)(F)F)c2)cc1. The summed E-state index contributed by atoms with van der Waals surface area (Å²) in [5.41, 5.74) is 1.37. The molecule has 0 aliphatic carbocycles. The van der Waals surface area contributed by atoms with Gasteiger partial charge in [-0.15, -0.1) is 0 Å². The Kier molecular flexibility index (Phi) is 4.53.